The molecule has 0 atom stereocenters. The second kappa shape index (κ2) is 5.83. The number of aromatic nitrogens is 1. The molecular formula is C14H12N2O4. The second-order valence-corrected chi connectivity index (χ2v) is 4.09. The smallest absolute Gasteiger partial charge is 0.328 e. The van der Waals surface area contributed by atoms with Crippen LogP contribution in [0.2, 0.25) is 0 Å². The van der Waals surface area contributed by atoms with E-state index in [1.165, 1.54) is 12.3 Å². The zero-order valence-corrected chi connectivity index (χ0v) is 10.7. The van der Waals surface area contributed by atoms with E-state index >= 15 is 0 Å². The number of carbonyl (C=O) groups is 2. The molecule has 6 heteroatoms. The highest BCUT2D eigenvalue weighted by Crippen LogP contribution is 2.14. The molecule has 1 aromatic carbocycles. The molecular weight excluding hydrogens is 260 g/mol. The van der Waals surface area contributed by atoms with Crippen molar-refractivity contribution < 1.29 is 19.2 Å². The highest BCUT2D eigenvalue weighted by molar-refractivity contribution is 6.03. The molecule has 2 aromatic rings. The van der Waals surface area contributed by atoms with Crippen molar-refractivity contribution in [2.75, 3.05) is 5.32 Å². The number of carboxylic acid groups (broad SMARTS) is 1. The van der Waals surface area contributed by atoms with Crippen LogP contribution in [-0.2, 0) is 4.79 Å². The third-order valence-corrected chi connectivity index (χ3v) is 2.52. The van der Waals surface area contributed by atoms with Gasteiger partial charge in [0.2, 0.25) is 5.76 Å². The number of hydrogen-bond donors (Lipinski definition) is 2. The van der Waals surface area contributed by atoms with Crippen molar-refractivity contribution in [3.63, 3.8) is 0 Å². The van der Waals surface area contributed by atoms with Gasteiger partial charge in [-0.2, -0.15) is 0 Å². The van der Waals surface area contributed by atoms with Crippen LogP contribution >= 0.6 is 0 Å². The molecule has 0 saturated heterocycles. The summed E-state index contributed by atoms with van der Waals surface area (Å²) in [7, 11) is 0. The van der Waals surface area contributed by atoms with Gasteiger partial charge in [-0.05, 0) is 30.7 Å². The van der Waals surface area contributed by atoms with Crippen molar-refractivity contribution in [3.05, 3.63) is 53.4 Å². The van der Waals surface area contributed by atoms with Crippen molar-refractivity contribution in [1.82, 2.24) is 5.16 Å². The summed E-state index contributed by atoms with van der Waals surface area (Å²) in [4.78, 5) is 22.4. The van der Waals surface area contributed by atoms with Crippen molar-refractivity contribution in [1.29, 1.82) is 0 Å². The van der Waals surface area contributed by atoms with Crippen molar-refractivity contribution in [2.45, 2.75) is 6.92 Å². The van der Waals surface area contributed by atoms with Gasteiger partial charge in [-0.1, -0.05) is 17.3 Å². The van der Waals surface area contributed by atoms with Gasteiger partial charge in [-0.15, -0.1) is 0 Å². The number of amides is 1. The Morgan fingerprint density at radius 2 is 2.20 bits per heavy atom. The van der Waals surface area contributed by atoms with Gasteiger partial charge < -0.3 is 14.9 Å². The lowest BCUT2D eigenvalue weighted by Crippen LogP contribution is -2.12. The van der Waals surface area contributed by atoms with Crippen LogP contribution in [-0.4, -0.2) is 22.1 Å². The van der Waals surface area contributed by atoms with Gasteiger partial charge in [0.1, 0.15) is 0 Å². The fraction of sp³-hybridized carbons (Fsp3) is 0.0714. The number of benzene rings is 1. The fourth-order valence-corrected chi connectivity index (χ4v) is 1.58. The Morgan fingerprint density at radius 3 is 2.85 bits per heavy atom. The molecule has 0 fully saturated rings. The van der Waals surface area contributed by atoms with Crippen molar-refractivity contribution in [3.8, 4) is 0 Å². The zero-order chi connectivity index (χ0) is 14.5. The zero-order valence-electron chi connectivity index (χ0n) is 10.7. The number of aryl methyl sites for hydroxylation is 1. The Kier molecular flexibility index (Phi) is 3.95. The predicted octanol–water partition coefficient (Wildman–Crippen LogP) is 2.33. The molecule has 0 aliphatic carbocycles. The van der Waals surface area contributed by atoms with Crippen molar-refractivity contribution >= 4 is 23.6 Å². The molecule has 0 spiro atoms. The van der Waals surface area contributed by atoms with Gasteiger partial charge in [0.25, 0.3) is 5.91 Å². The second-order valence-electron chi connectivity index (χ2n) is 4.09. The van der Waals surface area contributed by atoms with E-state index in [1.807, 2.05) is 0 Å². The molecule has 0 bridgehead atoms. The van der Waals surface area contributed by atoms with E-state index < -0.39 is 11.9 Å². The van der Waals surface area contributed by atoms with Crippen LogP contribution in [0.4, 0.5) is 5.69 Å². The molecule has 2 N–H and O–H groups in total. The number of aliphatic carboxylic acids is 1. The van der Waals surface area contributed by atoms with E-state index in [0.29, 0.717) is 16.8 Å². The molecule has 0 radical (unpaired) electrons. The van der Waals surface area contributed by atoms with Gasteiger partial charge in [0, 0.05) is 17.3 Å². The van der Waals surface area contributed by atoms with E-state index in [2.05, 4.69) is 10.5 Å². The Hall–Kier alpha value is -2.89. The molecule has 20 heavy (non-hydrogen) atoms. The van der Waals surface area contributed by atoms with Crippen LogP contribution in [0.25, 0.3) is 6.08 Å². The first-order valence-electron chi connectivity index (χ1n) is 5.80. The van der Waals surface area contributed by atoms with Crippen LogP contribution in [0.1, 0.15) is 21.7 Å². The summed E-state index contributed by atoms with van der Waals surface area (Å²) in [5.41, 5.74) is 1.85. The minimum atomic E-state index is -1.03. The summed E-state index contributed by atoms with van der Waals surface area (Å²) in [6.07, 6.45) is 3.93. The maximum Gasteiger partial charge on any atom is 0.328 e. The maximum atomic E-state index is 11.9. The molecule has 6 nitrogen and oxygen atoms in total. The highest BCUT2D eigenvalue weighted by Gasteiger charge is 2.14. The average Bonchev–Trinajstić information content (AvgIpc) is 2.83. The lowest BCUT2D eigenvalue weighted by atomic mass is 10.2. The van der Waals surface area contributed by atoms with E-state index in [9.17, 15) is 9.59 Å². The molecule has 0 unspecified atom stereocenters. The van der Waals surface area contributed by atoms with Crippen LogP contribution in [0.3, 0.4) is 0 Å². The predicted molar refractivity (Wildman–Crippen MR) is 72.3 cm³/mol. The summed E-state index contributed by atoms with van der Waals surface area (Å²) in [6, 6.07) is 6.80. The molecule has 1 aromatic heterocycles. The minimum absolute atomic E-state index is 0.150. The minimum Gasteiger partial charge on any atom is -0.478 e. The van der Waals surface area contributed by atoms with Crippen LogP contribution in [0, 0.1) is 6.92 Å². The molecule has 1 amide bonds. The first-order valence-corrected chi connectivity index (χ1v) is 5.80. The lowest BCUT2D eigenvalue weighted by molar-refractivity contribution is -0.131. The number of nitrogens with zero attached hydrogens (tertiary/aromatic N) is 1. The van der Waals surface area contributed by atoms with Gasteiger partial charge in [-0.3, -0.25) is 4.79 Å². The third-order valence-electron chi connectivity index (χ3n) is 2.52. The van der Waals surface area contributed by atoms with E-state index in [4.69, 9.17) is 9.63 Å². The standard InChI is InChI=1S/C14H12N2O4/c1-9-8-15-20-13(9)14(19)16-11-4-2-3-10(7-11)5-6-12(17)18/h2-8H,1H3,(H,16,19)(H,17,18)/b6-5+. The number of hydrogen-bond acceptors (Lipinski definition) is 4. The number of rotatable bonds is 4. The number of nitrogens with one attached hydrogen (secondary N) is 1. The quantitative estimate of drug-likeness (QED) is 0.833. The summed E-state index contributed by atoms with van der Waals surface area (Å²) < 4.78 is 4.85. The molecule has 0 aliphatic heterocycles. The number of carbonyl (C=O) groups excluding carboxylic acids is 1. The molecule has 102 valence electrons. The highest BCUT2D eigenvalue weighted by atomic mass is 16.5. The molecule has 2 rings (SSSR count). The van der Waals surface area contributed by atoms with Crippen molar-refractivity contribution in [2.24, 2.45) is 0 Å². The van der Waals surface area contributed by atoms with Crippen LogP contribution < -0.4 is 5.32 Å². The van der Waals surface area contributed by atoms with Crippen LogP contribution in [0.15, 0.2) is 41.1 Å². The number of anilines is 1. The van der Waals surface area contributed by atoms with Crippen LogP contribution in [0.5, 0.6) is 0 Å². The fourth-order valence-electron chi connectivity index (χ4n) is 1.58. The molecule has 0 aliphatic rings. The Balaban J connectivity index is 2.14. The van der Waals surface area contributed by atoms with E-state index in [0.717, 1.165) is 6.08 Å². The van der Waals surface area contributed by atoms with E-state index in [-0.39, 0.29) is 5.76 Å². The molecule has 1 heterocycles. The average molecular weight is 272 g/mol. The van der Waals surface area contributed by atoms with E-state index in [1.54, 1.807) is 31.2 Å². The number of carboxylic acids is 1. The first-order chi connectivity index (χ1) is 9.56. The maximum absolute atomic E-state index is 11.9. The van der Waals surface area contributed by atoms with Gasteiger partial charge in [0.05, 0.1) is 6.20 Å². The SMILES string of the molecule is Cc1cnoc1C(=O)Nc1cccc(/C=C/C(=O)O)c1. The third kappa shape index (κ3) is 3.32. The largest absolute Gasteiger partial charge is 0.478 e. The molecule has 0 saturated carbocycles. The lowest BCUT2D eigenvalue weighted by Gasteiger charge is -2.04. The summed E-state index contributed by atoms with van der Waals surface area (Å²) in [6.45, 7) is 1.72. The summed E-state index contributed by atoms with van der Waals surface area (Å²) >= 11 is 0. The van der Waals surface area contributed by atoms with Gasteiger partial charge in [0.15, 0.2) is 0 Å². The Labute approximate surface area is 114 Å². The van der Waals surface area contributed by atoms with Gasteiger partial charge >= 0.3 is 5.97 Å². The monoisotopic (exact) mass is 272 g/mol. The topological polar surface area (TPSA) is 92.4 Å². The summed E-state index contributed by atoms with van der Waals surface area (Å²) in [5.74, 6) is -1.28. The summed E-state index contributed by atoms with van der Waals surface area (Å²) in [5, 5.41) is 14.8. The Morgan fingerprint density at radius 1 is 1.40 bits per heavy atom. The normalized spacial score (nSPS) is 10.7. The van der Waals surface area contributed by atoms with Gasteiger partial charge in [-0.25, -0.2) is 4.79 Å². The Bertz CT molecular complexity index is 673. The first kappa shape index (κ1) is 13.5.